The van der Waals surface area contributed by atoms with Gasteiger partial charge in [-0.25, -0.2) is 14.6 Å². The van der Waals surface area contributed by atoms with Gasteiger partial charge in [0.1, 0.15) is 11.3 Å². The highest BCUT2D eigenvalue weighted by molar-refractivity contribution is 7.80. The van der Waals surface area contributed by atoms with E-state index < -0.39 is 0 Å². The highest BCUT2D eigenvalue weighted by Gasteiger charge is 2.14. The summed E-state index contributed by atoms with van der Waals surface area (Å²) in [7, 11) is 0. The van der Waals surface area contributed by atoms with Gasteiger partial charge in [0, 0.05) is 6.20 Å². The zero-order chi connectivity index (χ0) is 13.3. The van der Waals surface area contributed by atoms with Crippen LogP contribution in [0, 0.1) is 0 Å². The molecule has 0 radical (unpaired) electrons. The summed E-state index contributed by atoms with van der Waals surface area (Å²) < 4.78 is 1.56. The summed E-state index contributed by atoms with van der Waals surface area (Å²) in [6.07, 6.45) is 3.39. The summed E-state index contributed by atoms with van der Waals surface area (Å²) >= 11 is 4.81. The lowest BCUT2D eigenvalue weighted by atomic mass is 9.88. The molecule has 2 rings (SSSR count). The van der Waals surface area contributed by atoms with E-state index in [-0.39, 0.29) is 10.4 Å². The summed E-state index contributed by atoms with van der Waals surface area (Å²) in [5.74, 6) is 1.05. The average molecular weight is 261 g/mol. The first-order chi connectivity index (χ1) is 8.38. The molecule has 2 N–H and O–H groups in total. The third-order valence-corrected chi connectivity index (χ3v) is 2.74. The van der Waals surface area contributed by atoms with E-state index in [1.54, 1.807) is 11.0 Å². The van der Waals surface area contributed by atoms with Gasteiger partial charge in [-0.1, -0.05) is 39.1 Å². The van der Waals surface area contributed by atoms with Crippen LogP contribution in [0.4, 0.5) is 0 Å². The quantitative estimate of drug-likeness (QED) is 0.831. The topological polar surface area (TPSA) is 69.6 Å². The van der Waals surface area contributed by atoms with Crippen LogP contribution in [0.3, 0.4) is 0 Å². The molecule has 0 aliphatic rings. The van der Waals surface area contributed by atoms with Gasteiger partial charge in [0.05, 0.1) is 0 Å². The second-order valence-corrected chi connectivity index (χ2v) is 5.47. The number of hydrogen-bond acceptors (Lipinski definition) is 4. The van der Waals surface area contributed by atoms with E-state index in [2.05, 4.69) is 35.8 Å². The summed E-state index contributed by atoms with van der Waals surface area (Å²) in [4.78, 5) is 8.55. The molecule has 0 atom stereocenters. The lowest BCUT2D eigenvalue weighted by molar-refractivity contribution is 0.586. The van der Waals surface area contributed by atoms with Crippen molar-refractivity contribution in [2.45, 2.75) is 26.2 Å². The molecular weight excluding hydrogens is 246 g/mol. The van der Waals surface area contributed by atoms with Crippen molar-refractivity contribution in [3.63, 3.8) is 0 Å². The smallest absolute Gasteiger partial charge is 0.208 e. The van der Waals surface area contributed by atoms with Crippen LogP contribution in [0.15, 0.2) is 24.7 Å². The third-order valence-electron chi connectivity index (χ3n) is 2.56. The number of rotatable bonds is 2. The third kappa shape index (κ3) is 2.53. The Morgan fingerprint density at radius 3 is 2.44 bits per heavy atom. The predicted molar refractivity (Wildman–Crippen MR) is 73.7 cm³/mol. The van der Waals surface area contributed by atoms with Crippen molar-refractivity contribution in [2.24, 2.45) is 5.73 Å². The second-order valence-electron chi connectivity index (χ2n) is 5.03. The Bertz CT molecular complexity index is 565. The van der Waals surface area contributed by atoms with Crippen LogP contribution in [0.2, 0.25) is 0 Å². The Balaban J connectivity index is 2.31. The Morgan fingerprint density at radius 2 is 2.00 bits per heavy atom. The van der Waals surface area contributed by atoms with Gasteiger partial charge in [-0.05, 0) is 17.0 Å². The van der Waals surface area contributed by atoms with E-state index in [0.717, 1.165) is 0 Å². The first-order valence-corrected chi connectivity index (χ1v) is 5.97. The van der Waals surface area contributed by atoms with Crippen molar-refractivity contribution in [3.8, 4) is 5.82 Å². The first kappa shape index (κ1) is 12.6. The van der Waals surface area contributed by atoms with Crippen molar-refractivity contribution in [3.05, 3.63) is 36.0 Å². The Kier molecular flexibility index (Phi) is 3.13. The molecule has 0 bridgehead atoms. The molecule has 2 heterocycles. The number of nitrogens with two attached hydrogens (primary N) is 1. The van der Waals surface area contributed by atoms with Crippen LogP contribution >= 0.6 is 12.2 Å². The maximum absolute atomic E-state index is 5.46. The SMILES string of the molecule is CC(C)(C)c1ccc(-n2cnc(C(N)=S)n2)nc1. The molecule has 0 saturated heterocycles. The van der Waals surface area contributed by atoms with Crippen LogP contribution in [0.25, 0.3) is 5.82 Å². The van der Waals surface area contributed by atoms with Crippen LogP contribution < -0.4 is 5.73 Å². The molecule has 2 aromatic heterocycles. The van der Waals surface area contributed by atoms with E-state index in [9.17, 15) is 0 Å². The molecular formula is C12H15N5S. The van der Waals surface area contributed by atoms with Crippen molar-refractivity contribution in [2.75, 3.05) is 0 Å². The normalized spacial score (nSPS) is 11.5. The molecule has 94 valence electrons. The van der Waals surface area contributed by atoms with Crippen LogP contribution in [0.5, 0.6) is 0 Å². The fourth-order valence-corrected chi connectivity index (χ4v) is 1.55. The van der Waals surface area contributed by atoms with E-state index >= 15 is 0 Å². The van der Waals surface area contributed by atoms with Crippen molar-refractivity contribution in [1.82, 2.24) is 19.7 Å². The molecule has 0 amide bonds. The number of aromatic nitrogens is 4. The molecule has 0 spiro atoms. The van der Waals surface area contributed by atoms with Gasteiger partial charge >= 0.3 is 0 Å². The number of hydrogen-bond donors (Lipinski definition) is 1. The zero-order valence-corrected chi connectivity index (χ0v) is 11.4. The predicted octanol–water partition coefficient (Wildman–Crippen LogP) is 1.59. The van der Waals surface area contributed by atoms with Gasteiger partial charge < -0.3 is 5.73 Å². The molecule has 0 aliphatic carbocycles. The average Bonchev–Trinajstić information content (AvgIpc) is 2.77. The van der Waals surface area contributed by atoms with Crippen molar-refractivity contribution in [1.29, 1.82) is 0 Å². The minimum absolute atomic E-state index is 0.0812. The summed E-state index contributed by atoms with van der Waals surface area (Å²) in [6, 6.07) is 3.93. The van der Waals surface area contributed by atoms with E-state index in [1.807, 2.05) is 18.3 Å². The molecule has 6 heteroatoms. The monoisotopic (exact) mass is 261 g/mol. The van der Waals surface area contributed by atoms with Crippen molar-refractivity contribution >= 4 is 17.2 Å². The summed E-state index contributed by atoms with van der Waals surface area (Å²) in [5.41, 5.74) is 6.71. The van der Waals surface area contributed by atoms with E-state index in [0.29, 0.717) is 11.6 Å². The van der Waals surface area contributed by atoms with Crippen LogP contribution in [-0.4, -0.2) is 24.7 Å². The lowest BCUT2D eigenvalue weighted by Gasteiger charge is -2.18. The van der Waals surface area contributed by atoms with Crippen LogP contribution in [0.1, 0.15) is 32.2 Å². The van der Waals surface area contributed by atoms with Crippen molar-refractivity contribution < 1.29 is 0 Å². The minimum atomic E-state index is 0.0812. The number of thiocarbonyl (C=S) groups is 1. The standard InChI is InChI=1S/C12H15N5S/c1-12(2,3)8-4-5-9(14-6-8)17-7-15-11(16-17)10(13)18/h4-7H,1-3H3,(H2,13,18). The van der Waals surface area contributed by atoms with Gasteiger partial charge in [-0.15, -0.1) is 5.10 Å². The van der Waals surface area contributed by atoms with E-state index in [4.69, 9.17) is 18.0 Å². The Hall–Kier alpha value is -1.82. The second kappa shape index (κ2) is 4.45. The first-order valence-electron chi connectivity index (χ1n) is 5.56. The number of pyridine rings is 1. The minimum Gasteiger partial charge on any atom is -0.387 e. The molecule has 5 nitrogen and oxygen atoms in total. The highest BCUT2D eigenvalue weighted by Crippen LogP contribution is 2.21. The van der Waals surface area contributed by atoms with E-state index in [1.165, 1.54) is 5.56 Å². The molecule has 0 unspecified atom stereocenters. The lowest BCUT2D eigenvalue weighted by Crippen LogP contribution is -2.13. The Morgan fingerprint density at radius 1 is 1.28 bits per heavy atom. The van der Waals surface area contributed by atoms with Gasteiger partial charge in [0.25, 0.3) is 0 Å². The summed E-state index contributed by atoms with van der Waals surface area (Å²) in [5, 5.41) is 4.15. The van der Waals surface area contributed by atoms with Gasteiger partial charge in [-0.3, -0.25) is 0 Å². The molecule has 0 saturated carbocycles. The van der Waals surface area contributed by atoms with Gasteiger partial charge in [0.2, 0.25) is 5.82 Å². The maximum Gasteiger partial charge on any atom is 0.208 e. The Labute approximate surface area is 111 Å². The fraction of sp³-hybridized carbons (Fsp3) is 0.333. The highest BCUT2D eigenvalue weighted by atomic mass is 32.1. The molecule has 0 aliphatic heterocycles. The largest absolute Gasteiger partial charge is 0.387 e. The molecule has 2 aromatic rings. The number of nitrogens with zero attached hydrogens (tertiary/aromatic N) is 4. The molecule has 0 aromatic carbocycles. The molecule has 18 heavy (non-hydrogen) atoms. The fourth-order valence-electron chi connectivity index (χ4n) is 1.45. The zero-order valence-electron chi connectivity index (χ0n) is 10.6. The molecule has 0 fully saturated rings. The van der Waals surface area contributed by atoms with Gasteiger partial charge in [0.15, 0.2) is 5.82 Å². The maximum atomic E-state index is 5.46. The van der Waals surface area contributed by atoms with Crippen LogP contribution in [-0.2, 0) is 5.41 Å². The summed E-state index contributed by atoms with van der Waals surface area (Å²) in [6.45, 7) is 6.43. The van der Waals surface area contributed by atoms with Gasteiger partial charge in [-0.2, -0.15) is 0 Å².